The van der Waals surface area contributed by atoms with E-state index in [2.05, 4.69) is 15.3 Å². The molecule has 76 valence electrons. The van der Waals surface area contributed by atoms with Crippen LogP contribution in [0.15, 0.2) is 12.4 Å². The average molecular weight is 197 g/mol. The molecule has 14 heavy (non-hydrogen) atoms. The summed E-state index contributed by atoms with van der Waals surface area (Å²) < 4.78 is 0. The van der Waals surface area contributed by atoms with E-state index in [4.69, 9.17) is 10.2 Å². The Morgan fingerprint density at radius 1 is 1.57 bits per heavy atom. The molecule has 0 saturated heterocycles. The van der Waals surface area contributed by atoms with E-state index < -0.39 is 5.97 Å². The molecular weight excluding hydrogens is 186 g/mol. The smallest absolute Gasteiger partial charge is 0.358 e. The normalized spacial score (nSPS) is 12.1. The van der Waals surface area contributed by atoms with Gasteiger partial charge in [-0.3, -0.25) is 0 Å². The zero-order valence-corrected chi connectivity index (χ0v) is 7.64. The Morgan fingerprint density at radius 2 is 2.21 bits per heavy atom. The molecule has 6 nitrogen and oxygen atoms in total. The van der Waals surface area contributed by atoms with Crippen LogP contribution in [0.4, 0.5) is 5.82 Å². The highest BCUT2D eigenvalue weighted by atomic mass is 16.4. The van der Waals surface area contributed by atoms with Gasteiger partial charge in [-0.25, -0.2) is 14.8 Å². The van der Waals surface area contributed by atoms with Crippen molar-refractivity contribution in [2.45, 2.75) is 13.0 Å². The van der Waals surface area contributed by atoms with Gasteiger partial charge in [-0.05, 0) is 6.92 Å². The topological polar surface area (TPSA) is 95.3 Å². The first-order valence-electron chi connectivity index (χ1n) is 4.07. The molecule has 0 saturated carbocycles. The van der Waals surface area contributed by atoms with Gasteiger partial charge in [0, 0.05) is 18.4 Å². The van der Waals surface area contributed by atoms with Crippen molar-refractivity contribution in [1.82, 2.24) is 9.97 Å². The standard InChI is InChI=1S/C8H11N3O3/c1-5(4-12)11-7-6(8(13)14)9-2-3-10-7/h2-3,5,12H,4H2,1H3,(H,10,11)(H,13,14). The van der Waals surface area contributed by atoms with E-state index in [1.54, 1.807) is 6.92 Å². The molecule has 0 amide bonds. The summed E-state index contributed by atoms with van der Waals surface area (Å²) in [5.74, 6) is -0.979. The van der Waals surface area contributed by atoms with Crippen molar-refractivity contribution in [3.8, 4) is 0 Å². The maximum Gasteiger partial charge on any atom is 0.358 e. The summed E-state index contributed by atoms with van der Waals surface area (Å²) in [6.45, 7) is 1.61. The van der Waals surface area contributed by atoms with Gasteiger partial charge < -0.3 is 15.5 Å². The number of rotatable bonds is 4. The Balaban J connectivity index is 2.90. The van der Waals surface area contributed by atoms with Crippen molar-refractivity contribution in [1.29, 1.82) is 0 Å². The van der Waals surface area contributed by atoms with Gasteiger partial charge in [0.1, 0.15) is 0 Å². The molecule has 6 heteroatoms. The molecule has 0 aliphatic heterocycles. The van der Waals surface area contributed by atoms with Crippen molar-refractivity contribution in [2.24, 2.45) is 0 Å². The van der Waals surface area contributed by atoms with E-state index in [1.165, 1.54) is 12.4 Å². The maximum atomic E-state index is 10.7. The molecule has 1 unspecified atom stereocenters. The SMILES string of the molecule is CC(CO)Nc1nccnc1C(=O)O. The van der Waals surface area contributed by atoms with Crippen LogP contribution in [0, 0.1) is 0 Å². The zero-order valence-electron chi connectivity index (χ0n) is 7.64. The van der Waals surface area contributed by atoms with Crippen molar-refractivity contribution in [2.75, 3.05) is 11.9 Å². The number of hydrogen-bond acceptors (Lipinski definition) is 5. The van der Waals surface area contributed by atoms with E-state index in [-0.39, 0.29) is 24.2 Å². The first kappa shape index (κ1) is 10.4. The van der Waals surface area contributed by atoms with Crippen molar-refractivity contribution in [3.05, 3.63) is 18.1 Å². The van der Waals surface area contributed by atoms with Gasteiger partial charge in [0.2, 0.25) is 0 Å². The van der Waals surface area contributed by atoms with E-state index in [0.29, 0.717) is 0 Å². The number of nitrogens with zero attached hydrogens (tertiary/aromatic N) is 2. The predicted octanol–water partition coefficient (Wildman–Crippen LogP) is -0.0325. The number of aliphatic hydroxyl groups is 1. The fraction of sp³-hybridized carbons (Fsp3) is 0.375. The Morgan fingerprint density at radius 3 is 2.79 bits per heavy atom. The predicted molar refractivity (Wildman–Crippen MR) is 49.2 cm³/mol. The minimum absolute atomic E-state index is 0.102. The molecule has 0 aromatic carbocycles. The highest BCUT2D eigenvalue weighted by Gasteiger charge is 2.13. The molecule has 1 aromatic heterocycles. The number of aromatic carboxylic acids is 1. The van der Waals surface area contributed by atoms with Crippen LogP contribution < -0.4 is 5.32 Å². The zero-order chi connectivity index (χ0) is 10.6. The Labute approximate surface area is 80.6 Å². The van der Waals surface area contributed by atoms with Gasteiger partial charge in [0.05, 0.1) is 6.61 Å². The number of aliphatic hydroxyl groups excluding tert-OH is 1. The summed E-state index contributed by atoms with van der Waals surface area (Å²) in [5, 5.41) is 20.3. The highest BCUT2D eigenvalue weighted by Crippen LogP contribution is 2.08. The van der Waals surface area contributed by atoms with Crippen LogP contribution in [0.3, 0.4) is 0 Å². The first-order valence-corrected chi connectivity index (χ1v) is 4.07. The molecular formula is C8H11N3O3. The second kappa shape index (κ2) is 4.52. The van der Waals surface area contributed by atoms with Crippen LogP contribution >= 0.6 is 0 Å². The lowest BCUT2D eigenvalue weighted by Crippen LogP contribution is -2.22. The fourth-order valence-electron chi connectivity index (χ4n) is 0.879. The van der Waals surface area contributed by atoms with E-state index in [0.717, 1.165) is 0 Å². The fourth-order valence-corrected chi connectivity index (χ4v) is 0.879. The first-order chi connectivity index (χ1) is 6.65. The van der Waals surface area contributed by atoms with Crippen molar-refractivity contribution >= 4 is 11.8 Å². The van der Waals surface area contributed by atoms with Crippen LogP contribution in [-0.2, 0) is 0 Å². The Kier molecular flexibility index (Phi) is 3.35. The summed E-state index contributed by atoms with van der Waals surface area (Å²) in [7, 11) is 0. The van der Waals surface area contributed by atoms with Crippen LogP contribution in [0.1, 0.15) is 17.4 Å². The quantitative estimate of drug-likeness (QED) is 0.627. The highest BCUT2D eigenvalue weighted by molar-refractivity contribution is 5.90. The molecule has 0 aliphatic carbocycles. The minimum Gasteiger partial charge on any atom is -0.476 e. The third-order valence-electron chi connectivity index (χ3n) is 1.56. The lowest BCUT2D eigenvalue weighted by atomic mass is 10.3. The van der Waals surface area contributed by atoms with Crippen molar-refractivity contribution < 1.29 is 15.0 Å². The molecule has 1 aromatic rings. The third kappa shape index (κ3) is 2.40. The summed E-state index contributed by atoms with van der Waals surface area (Å²) in [5.41, 5.74) is -0.146. The molecule has 1 heterocycles. The molecule has 0 fully saturated rings. The molecule has 0 bridgehead atoms. The molecule has 0 aliphatic rings. The van der Waals surface area contributed by atoms with E-state index in [1.807, 2.05) is 0 Å². The minimum atomic E-state index is -1.15. The molecule has 3 N–H and O–H groups in total. The van der Waals surface area contributed by atoms with Gasteiger partial charge >= 0.3 is 5.97 Å². The Hall–Kier alpha value is -1.69. The summed E-state index contributed by atoms with van der Waals surface area (Å²) >= 11 is 0. The maximum absolute atomic E-state index is 10.7. The van der Waals surface area contributed by atoms with Gasteiger partial charge in [-0.15, -0.1) is 0 Å². The summed E-state index contributed by atoms with van der Waals surface area (Å²) in [6.07, 6.45) is 2.69. The molecule has 0 spiro atoms. The van der Waals surface area contributed by atoms with Gasteiger partial charge in [0.15, 0.2) is 11.5 Å². The van der Waals surface area contributed by atoms with Gasteiger partial charge in [0.25, 0.3) is 0 Å². The molecule has 0 radical (unpaired) electrons. The van der Waals surface area contributed by atoms with E-state index in [9.17, 15) is 4.79 Å². The number of carboxylic acids is 1. The van der Waals surface area contributed by atoms with Gasteiger partial charge in [-0.2, -0.15) is 0 Å². The summed E-state index contributed by atoms with van der Waals surface area (Å²) in [4.78, 5) is 18.2. The van der Waals surface area contributed by atoms with Crippen LogP contribution in [0.2, 0.25) is 0 Å². The number of nitrogens with one attached hydrogen (secondary N) is 1. The molecule has 1 rings (SSSR count). The van der Waals surface area contributed by atoms with Crippen LogP contribution in [0.5, 0.6) is 0 Å². The van der Waals surface area contributed by atoms with Gasteiger partial charge in [-0.1, -0.05) is 0 Å². The monoisotopic (exact) mass is 197 g/mol. The van der Waals surface area contributed by atoms with Crippen LogP contribution in [-0.4, -0.2) is 38.8 Å². The van der Waals surface area contributed by atoms with Crippen LogP contribution in [0.25, 0.3) is 0 Å². The largest absolute Gasteiger partial charge is 0.476 e. The average Bonchev–Trinajstić information content (AvgIpc) is 2.18. The Bertz CT molecular complexity index is 329. The van der Waals surface area contributed by atoms with Crippen molar-refractivity contribution in [3.63, 3.8) is 0 Å². The second-order valence-corrected chi connectivity index (χ2v) is 2.79. The second-order valence-electron chi connectivity index (χ2n) is 2.79. The third-order valence-corrected chi connectivity index (χ3v) is 1.56. The lowest BCUT2D eigenvalue weighted by Gasteiger charge is -2.11. The number of hydrogen-bond donors (Lipinski definition) is 3. The number of carbonyl (C=O) groups is 1. The number of aromatic nitrogens is 2. The summed E-state index contributed by atoms with van der Waals surface area (Å²) in [6, 6.07) is -0.259. The lowest BCUT2D eigenvalue weighted by molar-refractivity contribution is 0.0691. The molecule has 1 atom stereocenters. The number of carboxylic acid groups (broad SMARTS) is 1. The van der Waals surface area contributed by atoms with E-state index >= 15 is 0 Å². The number of anilines is 1.